The minimum Gasteiger partial charge on any atom is -0.496 e. The van der Waals surface area contributed by atoms with Gasteiger partial charge in [0, 0.05) is 35.7 Å². The summed E-state index contributed by atoms with van der Waals surface area (Å²) in [6.07, 6.45) is 12.4. The number of pyridine rings is 2. The fourth-order valence-corrected chi connectivity index (χ4v) is 3.78. The van der Waals surface area contributed by atoms with Gasteiger partial charge in [0.25, 0.3) is 0 Å². The van der Waals surface area contributed by atoms with E-state index in [1.165, 1.54) is 12.8 Å². The van der Waals surface area contributed by atoms with Gasteiger partial charge in [-0.2, -0.15) is 5.10 Å². The van der Waals surface area contributed by atoms with Crippen LogP contribution in [0.1, 0.15) is 25.7 Å². The average Bonchev–Trinajstić information content (AvgIpc) is 3.48. The average molecular weight is 375 g/mol. The van der Waals surface area contributed by atoms with Gasteiger partial charge in [0.15, 0.2) is 0 Å². The Morgan fingerprint density at radius 1 is 1.18 bits per heavy atom. The number of methoxy groups -OCH3 is 1. The molecule has 1 aliphatic carbocycles. The summed E-state index contributed by atoms with van der Waals surface area (Å²) in [5.41, 5.74) is 4.40. The van der Waals surface area contributed by atoms with Crippen molar-refractivity contribution in [2.24, 2.45) is 0 Å². The Morgan fingerprint density at radius 3 is 2.86 bits per heavy atom. The molecule has 142 valence electrons. The van der Waals surface area contributed by atoms with Gasteiger partial charge < -0.3 is 9.47 Å². The number of imidazole rings is 1. The molecule has 0 radical (unpaired) electrons. The zero-order valence-electron chi connectivity index (χ0n) is 15.6. The summed E-state index contributed by atoms with van der Waals surface area (Å²) in [5, 5.41) is 6.90. The first-order chi connectivity index (χ1) is 13.8. The lowest BCUT2D eigenvalue weighted by atomic mass is 10.1. The largest absolute Gasteiger partial charge is 0.496 e. The van der Waals surface area contributed by atoms with Crippen LogP contribution in [-0.2, 0) is 0 Å². The molecule has 1 saturated carbocycles. The molecule has 0 aromatic carbocycles. The molecule has 0 amide bonds. The number of nitrogens with one attached hydrogen (secondary N) is 1. The van der Waals surface area contributed by atoms with Crippen LogP contribution in [0, 0.1) is 0 Å². The zero-order valence-corrected chi connectivity index (χ0v) is 15.6. The van der Waals surface area contributed by atoms with Crippen molar-refractivity contribution in [2.75, 3.05) is 7.11 Å². The molecule has 1 N–H and O–H groups in total. The summed E-state index contributed by atoms with van der Waals surface area (Å²) in [6, 6.07) is 7.80. The first-order valence-corrected chi connectivity index (χ1v) is 9.50. The van der Waals surface area contributed by atoms with Crippen molar-refractivity contribution in [2.45, 2.75) is 31.8 Å². The van der Waals surface area contributed by atoms with Crippen LogP contribution >= 0.6 is 0 Å². The molecule has 5 rings (SSSR count). The first kappa shape index (κ1) is 16.8. The molecule has 28 heavy (non-hydrogen) atoms. The monoisotopic (exact) mass is 375 g/mol. The summed E-state index contributed by atoms with van der Waals surface area (Å²) in [5.74, 6) is 1.42. The van der Waals surface area contributed by atoms with Gasteiger partial charge in [-0.1, -0.05) is 6.07 Å². The molecule has 1 fully saturated rings. The van der Waals surface area contributed by atoms with Crippen molar-refractivity contribution in [3.63, 3.8) is 0 Å². The molecular weight excluding hydrogens is 354 g/mol. The molecule has 0 unspecified atom stereocenters. The SMILES string of the molecule is COc1cc2ncc(-c3cccc(OC4CCCC4)n3)n2cc1-c1cn[nH]c1. The van der Waals surface area contributed by atoms with E-state index < -0.39 is 0 Å². The topological polar surface area (TPSA) is 77.3 Å². The predicted molar refractivity (Wildman–Crippen MR) is 105 cm³/mol. The van der Waals surface area contributed by atoms with Crippen LogP contribution in [0.2, 0.25) is 0 Å². The van der Waals surface area contributed by atoms with Crippen LogP contribution in [0.3, 0.4) is 0 Å². The first-order valence-electron chi connectivity index (χ1n) is 9.50. The maximum Gasteiger partial charge on any atom is 0.214 e. The Bertz CT molecular complexity index is 1100. The second kappa shape index (κ2) is 6.99. The Kier molecular flexibility index (Phi) is 4.20. The van der Waals surface area contributed by atoms with E-state index in [1.54, 1.807) is 13.3 Å². The number of aromatic amines is 1. The zero-order chi connectivity index (χ0) is 18.9. The standard InChI is InChI=1S/C21H21N5O2/c1-27-19-9-20-22-12-18(26(20)13-16(19)14-10-23-24-11-14)17-7-4-8-21(25-17)28-15-5-2-3-6-15/h4,7-13,15H,2-3,5-6H2,1H3,(H,23,24). The number of aromatic nitrogens is 5. The molecule has 7 heteroatoms. The van der Waals surface area contributed by atoms with E-state index in [0.29, 0.717) is 5.88 Å². The second-order valence-electron chi connectivity index (χ2n) is 7.00. The third-order valence-corrected chi connectivity index (χ3v) is 5.21. The molecule has 4 heterocycles. The van der Waals surface area contributed by atoms with Gasteiger partial charge in [-0.15, -0.1) is 0 Å². The number of rotatable bonds is 5. The fraction of sp³-hybridized carbons (Fsp3) is 0.286. The smallest absolute Gasteiger partial charge is 0.214 e. The highest BCUT2D eigenvalue weighted by molar-refractivity contribution is 5.73. The minimum atomic E-state index is 0.280. The maximum absolute atomic E-state index is 6.07. The van der Waals surface area contributed by atoms with Gasteiger partial charge in [-0.05, 0) is 31.7 Å². The van der Waals surface area contributed by atoms with Crippen molar-refractivity contribution in [3.05, 3.63) is 49.1 Å². The highest BCUT2D eigenvalue weighted by Gasteiger charge is 2.18. The maximum atomic E-state index is 6.07. The van der Waals surface area contributed by atoms with Crippen molar-refractivity contribution >= 4 is 5.65 Å². The molecule has 1 aliphatic rings. The van der Waals surface area contributed by atoms with Crippen molar-refractivity contribution < 1.29 is 9.47 Å². The highest BCUT2D eigenvalue weighted by atomic mass is 16.5. The van der Waals surface area contributed by atoms with E-state index in [2.05, 4.69) is 15.2 Å². The van der Waals surface area contributed by atoms with Gasteiger partial charge in [0.2, 0.25) is 5.88 Å². The number of H-pyrrole nitrogens is 1. The molecule has 4 aromatic heterocycles. The summed E-state index contributed by atoms with van der Waals surface area (Å²) in [7, 11) is 1.66. The fourth-order valence-electron chi connectivity index (χ4n) is 3.78. The summed E-state index contributed by atoms with van der Waals surface area (Å²) in [4.78, 5) is 9.27. The number of fused-ring (bicyclic) bond motifs is 1. The lowest BCUT2D eigenvalue weighted by Gasteiger charge is -2.13. The molecule has 7 nitrogen and oxygen atoms in total. The van der Waals surface area contributed by atoms with Gasteiger partial charge in [-0.3, -0.25) is 9.50 Å². The number of ether oxygens (including phenoxy) is 2. The predicted octanol–water partition coefficient (Wildman–Crippen LogP) is 4.12. The number of hydrogen-bond donors (Lipinski definition) is 1. The Labute approximate surface area is 162 Å². The van der Waals surface area contributed by atoms with E-state index in [9.17, 15) is 0 Å². The molecule has 0 bridgehead atoms. The van der Waals surface area contributed by atoms with Crippen LogP contribution in [0.25, 0.3) is 28.2 Å². The van der Waals surface area contributed by atoms with Crippen LogP contribution in [-0.4, -0.2) is 37.8 Å². The lowest BCUT2D eigenvalue weighted by Crippen LogP contribution is -2.11. The summed E-state index contributed by atoms with van der Waals surface area (Å²) >= 11 is 0. The molecule has 0 spiro atoms. The second-order valence-corrected chi connectivity index (χ2v) is 7.00. The van der Waals surface area contributed by atoms with Crippen LogP contribution in [0.15, 0.2) is 49.1 Å². The summed E-state index contributed by atoms with van der Waals surface area (Å²) in [6.45, 7) is 0. The van der Waals surface area contributed by atoms with Gasteiger partial charge in [0.05, 0.1) is 30.9 Å². The molecule has 0 aliphatic heterocycles. The third kappa shape index (κ3) is 2.98. The molecule has 4 aromatic rings. The molecule has 0 saturated heterocycles. The van der Waals surface area contributed by atoms with E-state index in [4.69, 9.17) is 14.5 Å². The molecule has 0 atom stereocenters. The van der Waals surface area contributed by atoms with Crippen LogP contribution in [0.5, 0.6) is 11.6 Å². The normalized spacial score (nSPS) is 14.6. The Hall–Kier alpha value is -3.35. The van der Waals surface area contributed by atoms with Crippen molar-refractivity contribution in [1.82, 2.24) is 24.6 Å². The Morgan fingerprint density at radius 2 is 2.07 bits per heavy atom. The third-order valence-electron chi connectivity index (χ3n) is 5.21. The Balaban J connectivity index is 1.57. The lowest BCUT2D eigenvalue weighted by molar-refractivity contribution is 0.201. The highest BCUT2D eigenvalue weighted by Crippen LogP contribution is 2.32. The van der Waals surface area contributed by atoms with Crippen LogP contribution < -0.4 is 9.47 Å². The van der Waals surface area contributed by atoms with Crippen molar-refractivity contribution in [3.8, 4) is 34.1 Å². The van der Waals surface area contributed by atoms with Gasteiger partial charge in [-0.25, -0.2) is 9.97 Å². The summed E-state index contributed by atoms with van der Waals surface area (Å²) < 4.78 is 13.6. The van der Waals surface area contributed by atoms with E-state index in [-0.39, 0.29) is 6.10 Å². The van der Waals surface area contributed by atoms with Crippen molar-refractivity contribution in [1.29, 1.82) is 0 Å². The minimum absolute atomic E-state index is 0.280. The van der Waals surface area contributed by atoms with E-state index in [1.807, 2.05) is 47.3 Å². The van der Waals surface area contributed by atoms with Crippen LogP contribution in [0.4, 0.5) is 0 Å². The number of nitrogens with zero attached hydrogens (tertiary/aromatic N) is 4. The van der Waals surface area contributed by atoms with Gasteiger partial charge >= 0.3 is 0 Å². The van der Waals surface area contributed by atoms with E-state index >= 15 is 0 Å². The van der Waals surface area contributed by atoms with Gasteiger partial charge in [0.1, 0.15) is 17.5 Å². The molecular formula is C21H21N5O2. The number of hydrogen-bond acceptors (Lipinski definition) is 5. The van der Waals surface area contributed by atoms with E-state index in [0.717, 1.165) is 46.8 Å². The quantitative estimate of drug-likeness (QED) is 0.568.